The summed E-state index contributed by atoms with van der Waals surface area (Å²) in [6, 6.07) is 5.56. The van der Waals surface area contributed by atoms with Crippen molar-refractivity contribution in [2.45, 2.75) is 46.8 Å². The Morgan fingerprint density at radius 1 is 1.26 bits per heavy atom. The number of aliphatic imine (C=N–C) groups is 1. The largest absolute Gasteiger partial charge is 0.357 e. The van der Waals surface area contributed by atoms with Crippen LogP contribution < -0.4 is 10.6 Å². The molecule has 1 aromatic carbocycles. The lowest BCUT2D eigenvalue weighted by atomic mass is 10.1. The standard InChI is InChI=1S/C18H31FN4/c1-7-20-18(22-14(4)13(2)3)21-11-15-8-9-17(19)16(10-15)12-23(5)6/h8-10,13-14H,7,11-12H2,1-6H3,(H2,20,21,22). The van der Waals surface area contributed by atoms with Crippen LogP contribution in [-0.2, 0) is 13.1 Å². The summed E-state index contributed by atoms with van der Waals surface area (Å²) in [4.78, 5) is 6.57. The first-order valence-corrected chi connectivity index (χ1v) is 8.30. The minimum absolute atomic E-state index is 0.162. The maximum Gasteiger partial charge on any atom is 0.191 e. The highest BCUT2D eigenvalue weighted by Crippen LogP contribution is 2.13. The first-order valence-electron chi connectivity index (χ1n) is 8.30. The molecule has 0 spiro atoms. The monoisotopic (exact) mass is 322 g/mol. The number of nitrogens with zero attached hydrogens (tertiary/aromatic N) is 2. The van der Waals surface area contributed by atoms with Crippen molar-refractivity contribution in [1.82, 2.24) is 15.5 Å². The van der Waals surface area contributed by atoms with Crippen LogP contribution >= 0.6 is 0 Å². The van der Waals surface area contributed by atoms with E-state index in [0.29, 0.717) is 30.6 Å². The lowest BCUT2D eigenvalue weighted by Crippen LogP contribution is -2.44. The van der Waals surface area contributed by atoms with E-state index in [2.05, 4.69) is 36.4 Å². The third-order valence-corrected chi connectivity index (χ3v) is 3.73. The fourth-order valence-corrected chi connectivity index (χ4v) is 2.06. The average Bonchev–Trinajstić information content (AvgIpc) is 2.47. The number of guanidine groups is 1. The molecule has 0 saturated heterocycles. The van der Waals surface area contributed by atoms with E-state index in [0.717, 1.165) is 18.1 Å². The van der Waals surface area contributed by atoms with E-state index in [4.69, 9.17) is 0 Å². The fourth-order valence-electron chi connectivity index (χ4n) is 2.06. The Hall–Kier alpha value is -1.62. The van der Waals surface area contributed by atoms with Crippen LogP contribution in [0.25, 0.3) is 0 Å². The maximum atomic E-state index is 13.8. The highest BCUT2D eigenvalue weighted by atomic mass is 19.1. The van der Waals surface area contributed by atoms with Crippen LogP contribution in [-0.4, -0.2) is 37.5 Å². The van der Waals surface area contributed by atoms with Crippen LogP contribution in [0.4, 0.5) is 4.39 Å². The van der Waals surface area contributed by atoms with Gasteiger partial charge in [-0.25, -0.2) is 9.38 Å². The van der Waals surface area contributed by atoms with Crippen molar-refractivity contribution in [3.63, 3.8) is 0 Å². The van der Waals surface area contributed by atoms with Gasteiger partial charge in [0.1, 0.15) is 5.82 Å². The van der Waals surface area contributed by atoms with Crippen LogP contribution in [0.15, 0.2) is 23.2 Å². The van der Waals surface area contributed by atoms with Gasteiger partial charge in [0, 0.05) is 24.7 Å². The normalized spacial score (nSPS) is 13.5. The summed E-state index contributed by atoms with van der Waals surface area (Å²) in [5.41, 5.74) is 1.72. The Morgan fingerprint density at radius 3 is 2.52 bits per heavy atom. The number of hydrogen-bond acceptors (Lipinski definition) is 2. The first kappa shape index (κ1) is 19.4. The molecule has 130 valence electrons. The molecule has 4 nitrogen and oxygen atoms in total. The molecule has 1 aromatic rings. The Kier molecular flexibility index (Phi) is 8.03. The van der Waals surface area contributed by atoms with Gasteiger partial charge < -0.3 is 15.5 Å². The zero-order valence-corrected chi connectivity index (χ0v) is 15.3. The predicted molar refractivity (Wildman–Crippen MR) is 96.0 cm³/mol. The van der Waals surface area contributed by atoms with Crippen molar-refractivity contribution in [2.24, 2.45) is 10.9 Å². The predicted octanol–water partition coefficient (Wildman–Crippen LogP) is 2.99. The molecule has 1 unspecified atom stereocenters. The lowest BCUT2D eigenvalue weighted by molar-refractivity contribution is 0.392. The average molecular weight is 322 g/mol. The zero-order valence-electron chi connectivity index (χ0n) is 15.3. The van der Waals surface area contributed by atoms with E-state index in [-0.39, 0.29) is 5.82 Å². The molecule has 0 bridgehead atoms. The smallest absolute Gasteiger partial charge is 0.191 e. The summed E-state index contributed by atoms with van der Waals surface area (Å²) in [7, 11) is 3.87. The van der Waals surface area contributed by atoms with Gasteiger partial charge in [-0.2, -0.15) is 0 Å². The van der Waals surface area contributed by atoms with Gasteiger partial charge >= 0.3 is 0 Å². The third-order valence-electron chi connectivity index (χ3n) is 3.73. The molecule has 0 aromatic heterocycles. The van der Waals surface area contributed by atoms with Gasteiger partial charge in [0.15, 0.2) is 5.96 Å². The van der Waals surface area contributed by atoms with Crippen molar-refractivity contribution in [1.29, 1.82) is 0 Å². The van der Waals surface area contributed by atoms with Gasteiger partial charge in [0.25, 0.3) is 0 Å². The molecule has 0 saturated carbocycles. The molecule has 0 amide bonds. The molecule has 0 aliphatic heterocycles. The topological polar surface area (TPSA) is 39.7 Å². The molecular weight excluding hydrogens is 291 g/mol. The fraction of sp³-hybridized carbons (Fsp3) is 0.611. The van der Waals surface area contributed by atoms with Gasteiger partial charge in [-0.15, -0.1) is 0 Å². The molecule has 0 radical (unpaired) electrons. The van der Waals surface area contributed by atoms with E-state index in [9.17, 15) is 4.39 Å². The maximum absolute atomic E-state index is 13.8. The minimum atomic E-state index is -0.162. The van der Waals surface area contributed by atoms with Crippen molar-refractivity contribution in [2.75, 3.05) is 20.6 Å². The second-order valence-electron chi connectivity index (χ2n) is 6.54. The van der Waals surface area contributed by atoms with Crippen LogP contribution in [0.2, 0.25) is 0 Å². The number of rotatable bonds is 7. The van der Waals surface area contributed by atoms with E-state index < -0.39 is 0 Å². The summed E-state index contributed by atoms with van der Waals surface area (Å²) < 4.78 is 13.8. The number of hydrogen-bond donors (Lipinski definition) is 2. The van der Waals surface area contributed by atoms with Gasteiger partial charge in [-0.1, -0.05) is 19.9 Å². The third kappa shape index (κ3) is 6.99. The number of halogens is 1. The second-order valence-corrected chi connectivity index (χ2v) is 6.54. The van der Waals surface area contributed by atoms with E-state index in [1.54, 1.807) is 6.07 Å². The van der Waals surface area contributed by atoms with E-state index in [1.165, 1.54) is 6.07 Å². The molecule has 0 aliphatic rings. The minimum Gasteiger partial charge on any atom is -0.357 e. The van der Waals surface area contributed by atoms with Crippen LogP contribution in [0.5, 0.6) is 0 Å². The van der Waals surface area contributed by atoms with Crippen LogP contribution in [0.3, 0.4) is 0 Å². The molecule has 0 fully saturated rings. The summed E-state index contributed by atoms with van der Waals surface area (Å²) in [5, 5.41) is 6.66. The summed E-state index contributed by atoms with van der Waals surface area (Å²) in [5.74, 6) is 1.16. The van der Waals surface area contributed by atoms with Crippen molar-refractivity contribution in [3.8, 4) is 0 Å². The van der Waals surface area contributed by atoms with Crippen molar-refractivity contribution >= 4 is 5.96 Å². The Balaban J connectivity index is 2.82. The molecular formula is C18H31FN4. The zero-order chi connectivity index (χ0) is 17.4. The lowest BCUT2D eigenvalue weighted by Gasteiger charge is -2.20. The molecule has 0 aliphatic carbocycles. The highest BCUT2D eigenvalue weighted by molar-refractivity contribution is 5.80. The van der Waals surface area contributed by atoms with Gasteiger partial charge in [0.05, 0.1) is 6.54 Å². The van der Waals surface area contributed by atoms with E-state index >= 15 is 0 Å². The Morgan fingerprint density at radius 2 is 1.96 bits per heavy atom. The Labute approximate surface area is 140 Å². The summed E-state index contributed by atoms with van der Waals surface area (Å²) in [6.07, 6.45) is 0. The SMILES string of the molecule is CCNC(=NCc1ccc(F)c(CN(C)C)c1)NC(C)C(C)C. The molecule has 23 heavy (non-hydrogen) atoms. The molecule has 1 rings (SSSR count). The van der Waals surface area contributed by atoms with Gasteiger partial charge in [0.2, 0.25) is 0 Å². The highest BCUT2D eigenvalue weighted by Gasteiger charge is 2.09. The van der Waals surface area contributed by atoms with Crippen molar-refractivity contribution < 1.29 is 4.39 Å². The summed E-state index contributed by atoms with van der Waals surface area (Å²) in [6.45, 7) is 10.5. The molecule has 0 heterocycles. The van der Waals surface area contributed by atoms with Gasteiger partial charge in [-0.3, -0.25) is 0 Å². The quantitative estimate of drug-likeness (QED) is 0.599. The number of benzene rings is 1. The molecule has 1 atom stereocenters. The first-order chi connectivity index (χ1) is 10.8. The molecule has 5 heteroatoms. The van der Waals surface area contributed by atoms with Crippen LogP contribution in [0, 0.1) is 11.7 Å². The van der Waals surface area contributed by atoms with Gasteiger partial charge in [-0.05, 0) is 51.6 Å². The summed E-state index contributed by atoms with van der Waals surface area (Å²) >= 11 is 0. The second kappa shape index (κ2) is 9.50. The number of nitrogens with one attached hydrogen (secondary N) is 2. The van der Waals surface area contributed by atoms with Crippen molar-refractivity contribution in [3.05, 3.63) is 35.1 Å². The Bertz CT molecular complexity index is 512. The van der Waals surface area contributed by atoms with E-state index in [1.807, 2.05) is 32.0 Å². The van der Waals surface area contributed by atoms with Crippen LogP contribution in [0.1, 0.15) is 38.8 Å². The molecule has 2 N–H and O–H groups in total.